The number of hydrogen-bond acceptors (Lipinski definition) is 5. The average molecular weight is 296 g/mol. The highest BCUT2D eigenvalue weighted by Gasteiger charge is 2.30. The molecule has 1 fully saturated rings. The molecule has 0 radical (unpaired) electrons. The fourth-order valence-corrected chi connectivity index (χ4v) is 2.73. The third kappa shape index (κ3) is 3.13. The average Bonchev–Trinajstić information content (AvgIpc) is 2.82. The monoisotopic (exact) mass is 296 g/mol. The lowest BCUT2D eigenvalue weighted by atomic mass is 10.1. The molecule has 0 saturated carbocycles. The van der Waals surface area contributed by atoms with Gasteiger partial charge in [-0.15, -0.1) is 11.3 Å². The summed E-state index contributed by atoms with van der Waals surface area (Å²) in [5.74, 6) is -1.34. The Hall–Kier alpha value is -1.96. The SMILES string of the molecule is CC(=O)N1CCN(C(=O)c2cncs2)CC(C(N)=O)C1. The smallest absolute Gasteiger partial charge is 0.265 e. The van der Waals surface area contributed by atoms with E-state index in [9.17, 15) is 14.4 Å². The Labute approximate surface area is 120 Å². The summed E-state index contributed by atoms with van der Waals surface area (Å²) in [6, 6.07) is 0. The van der Waals surface area contributed by atoms with E-state index >= 15 is 0 Å². The van der Waals surface area contributed by atoms with Crippen molar-refractivity contribution in [3.8, 4) is 0 Å². The molecule has 8 heteroatoms. The molecule has 1 saturated heterocycles. The van der Waals surface area contributed by atoms with Crippen LogP contribution >= 0.6 is 11.3 Å². The van der Waals surface area contributed by atoms with Crippen molar-refractivity contribution in [2.24, 2.45) is 11.7 Å². The van der Waals surface area contributed by atoms with Gasteiger partial charge in [-0.25, -0.2) is 0 Å². The van der Waals surface area contributed by atoms with Crippen molar-refractivity contribution in [3.05, 3.63) is 16.6 Å². The van der Waals surface area contributed by atoms with Gasteiger partial charge in [-0.2, -0.15) is 0 Å². The highest BCUT2D eigenvalue weighted by Crippen LogP contribution is 2.15. The number of aromatic nitrogens is 1. The van der Waals surface area contributed by atoms with Gasteiger partial charge in [0.15, 0.2) is 0 Å². The molecule has 0 bridgehead atoms. The van der Waals surface area contributed by atoms with E-state index in [0.717, 1.165) is 0 Å². The molecule has 0 spiro atoms. The second-order valence-corrected chi connectivity index (χ2v) is 5.57. The van der Waals surface area contributed by atoms with Gasteiger partial charge in [-0.05, 0) is 0 Å². The van der Waals surface area contributed by atoms with Crippen molar-refractivity contribution in [2.45, 2.75) is 6.92 Å². The van der Waals surface area contributed by atoms with Crippen LogP contribution in [0, 0.1) is 5.92 Å². The van der Waals surface area contributed by atoms with Gasteiger partial charge in [0.1, 0.15) is 4.88 Å². The first-order valence-corrected chi connectivity index (χ1v) is 7.09. The normalized spacial score (nSPS) is 19.6. The van der Waals surface area contributed by atoms with E-state index in [1.165, 1.54) is 24.5 Å². The minimum atomic E-state index is -0.543. The van der Waals surface area contributed by atoms with Gasteiger partial charge in [0, 0.05) is 33.1 Å². The molecule has 108 valence electrons. The summed E-state index contributed by atoms with van der Waals surface area (Å²) in [7, 11) is 0. The lowest BCUT2D eigenvalue weighted by molar-refractivity contribution is -0.130. The predicted octanol–water partition coefficient (Wildman–Crippen LogP) is -0.451. The summed E-state index contributed by atoms with van der Waals surface area (Å²) in [6.45, 7) is 2.73. The summed E-state index contributed by atoms with van der Waals surface area (Å²) in [5.41, 5.74) is 6.94. The molecule has 20 heavy (non-hydrogen) atoms. The van der Waals surface area contributed by atoms with Gasteiger partial charge in [0.2, 0.25) is 11.8 Å². The van der Waals surface area contributed by atoms with Gasteiger partial charge in [-0.3, -0.25) is 19.4 Å². The maximum atomic E-state index is 12.3. The Morgan fingerprint density at radius 1 is 1.30 bits per heavy atom. The second kappa shape index (κ2) is 6.00. The molecule has 1 atom stereocenters. The molecule has 3 amide bonds. The molecule has 2 N–H and O–H groups in total. The summed E-state index contributed by atoms with van der Waals surface area (Å²) in [5, 5.41) is 0. The van der Waals surface area contributed by atoms with Crippen LogP contribution in [0.25, 0.3) is 0 Å². The van der Waals surface area contributed by atoms with E-state index in [1.807, 2.05) is 0 Å². The summed E-state index contributed by atoms with van der Waals surface area (Å²) >= 11 is 1.25. The number of nitrogens with two attached hydrogens (primary N) is 1. The van der Waals surface area contributed by atoms with Crippen molar-refractivity contribution in [1.29, 1.82) is 0 Å². The number of carbonyl (C=O) groups excluding carboxylic acids is 3. The third-order valence-electron chi connectivity index (χ3n) is 3.30. The first-order valence-electron chi connectivity index (χ1n) is 6.21. The molecule has 1 aromatic rings. The summed E-state index contributed by atoms with van der Waals surface area (Å²) in [6.07, 6.45) is 1.50. The van der Waals surface area contributed by atoms with E-state index in [4.69, 9.17) is 5.73 Å². The van der Waals surface area contributed by atoms with Crippen LogP contribution in [0.1, 0.15) is 16.6 Å². The van der Waals surface area contributed by atoms with Crippen LogP contribution in [0.2, 0.25) is 0 Å². The van der Waals surface area contributed by atoms with Gasteiger partial charge in [-0.1, -0.05) is 0 Å². The van der Waals surface area contributed by atoms with Crippen molar-refractivity contribution in [1.82, 2.24) is 14.8 Å². The number of amides is 3. The number of hydrogen-bond donors (Lipinski definition) is 1. The lowest BCUT2D eigenvalue weighted by Crippen LogP contribution is -2.40. The molecular formula is C12H16N4O3S. The van der Waals surface area contributed by atoms with Crippen LogP contribution in [-0.4, -0.2) is 58.7 Å². The summed E-state index contributed by atoms with van der Waals surface area (Å²) < 4.78 is 0. The van der Waals surface area contributed by atoms with Gasteiger partial charge >= 0.3 is 0 Å². The Balaban J connectivity index is 2.16. The van der Waals surface area contributed by atoms with Gasteiger partial charge in [0.05, 0.1) is 17.6 Å². The molecule has 1 unspecified atom stereocenters. The number of thiazole rings is 1. The number of nitrogens with zero attached hydrogens (tertiary/aromatic N) is 3. The molecular weight excluding hydrogens is 280 g/mol. The van der Waals surface area contributed by atoms with Crippen LogP contribution in [0.5, 0.6) is 0 Å². The quantitative estimate of drug-likeness (QED) is 0.799. The first kappa shape index (κ1) is 14.4. The molecule has 1 aliphatic heterocycles. The van der Waals surface area contributed by atoms with E-state index in [0.29, 0.717) is 18.0 Å². The highest BCUT2D eigenvalue weighted by atomic mass is 32.1. The van der Waals surface area contributed by atoms with Crippen LogP contribution in [0.15, 0.2) is 11.7 Å². The molecule has 0 aromatic carbocycles. The Morgan fingerprint density at radius 3 is 2.50 bits per heavy atom. The Morgan fingerprint density at radius 2 is 1.95 bits per heavy atom. The minimum absolute atomic E-state index is 0.122. The zero-order valence-electron chi connectivity index (χ0n) is 11.1. The standard InChI is InChI=1S/C12H16N4O3S/c1-8(17)15-2-3-16(6-9(5-15)11(13)18)12(19)10-4-14-7-20-10/h4,7,9H,2-3,5-6H2,1H3,(H2,13,18). The van der Waals surface area contributed by atoms with E-state index in [-0.39, 0.29) is 24.9 Å². The topological polar surface area (TPSA) is 96.6 Å². The summed E-state index contributed by atoms with van der Waals surface area (Å²) in [4.78, 5) is 42.8. The molecule has 1 aliphatic rings. The van der Waals surface area contributed by atoms with E-state index in [1.54, 1.807) is 15.3 Å². The van der Waals surface area contributed by atoms with Crippen LogP contribution in [-0.2, 0) is 9.59 Å². The second-order valence-electron chi connectivity index (χ2n) is 4.68. The molecule has 2 rings (SSSR count). The van der Waals surface area contributed by atoms with Gasteiger partial charge in [0.25, 0.3) is 5.91 Å². The molecule has 7 nitrogen and oxygen atoms in total. The van der Waals surface area contributed by atoms with Crippen molar-refractivity contribution < 1.29 is 14.4 Å². The largest absolute Gasteiger partial charge is 0.369 e. The number of rotatable bonds is 2. The number of carbonyl (C=O) groups is 3. The van der Waals surface area contributed by atoms with Crippen LogP contribution in [0.3, 0.4) is 0 Å². The first-order chi connectivity index (χ1) is 9.49. The van der Waals surface area contributed by atoms with E-state index < -0.39 is 11.8 Å². The van der Waals surface area contributed by atoms with Crippen molar-refractivity contribution in [2.75, 3.05) is 26.2 Å². The highest BCUT2D eigenvalue weighted by molar-refractivity contribution is 7.11. The van der Waals surface area contributed by atoms with Crippen LogP contribution < -0.4 is 5.73 Å². The zero-order chi connectivity index (χ0) is 14.7. The fourth-order valence-electron chi connectivity index (χ4n) is 2.14. The zero-order valence-corrected chi connectivity index (χ0v) is 11.9. The number of primary amides is 1. The third-order valence-corrected chi connectivity index (χ3v) is 4.06. The van der Waals surface area contributed by atoms with Crippen LogP contribution in [0.4, 0.5) is 0 Å². The van der Waals surface area contributed by atoms with Crippen molar-refractivity contribution >= 4 is 29.1 Å². The maximum Gasteiger partial charge on any atom is 0.265 e. The molecule has 0 aliphatic carbocycles. The van der Waals surface area contributed by atoms with E-state index in [2.05, 4.69) is 4.98 Å². The Kier molecular flexibility index (Phi) is 4.33. The van der Waals surface area contributed by atoms with Gasteiger partial charge < -0.3 is 15.5 Å². The minimum Gasteiger partial charge on any atom is -0.369 e. The lowest BCUT2D eigenvalue weighted by Gasteiger charge is -2.21. The fraction of sp³-hybridized carbons (Fsp3) is 0.500. The maximum absolute atomic E-state index is 12.3. The Bertz CT molecular complexity index is 517. The molecule has 2 heterocycles. The molecule has 1 aromatic heterocycles. The predicted molar refractivity (Wildman–Crippen MR) is 73.0 cm³/mol. The van der Waals surface area contributed by atoms with Crippen molar-refractivity contribution in [3.63, 3.8) is 0 Å².